The minimum atomic E-state index is -0.678. The van der Waals surface area contributed by atoms with Crippen molar-refractivity contribution in [2.45, 2.75) is 40.7 Å². The van der Waals surface area contributed by atoms with Crippen molar-refractivity contribution >= 4 is 45.0 Å². The van der Waals surface area contributed by atoms with E-state index in [1.165, 1.54) is 0 Å². The Bertz CT molecular complexity index is 1490. The molecular weight excluding hydrogens is 478 g/mol. The molecule has 0 saturated heterocycles. The fraction of sp³-hybridized carbons (Fsp3) is 0.269. The standard InChI is InChI=1S/C26H27N5O4S/c1-5-11-35-26(34)21-14(3)22(23(27)32)36-25(21)29-24(33)17-12-20(18-13-31(6-2)30-15(18)4)28-19-10-8-7-9-16(17)19/h7-10,12-13H,5-6,11H2,1-4H3,(H2,27,32)(H,29,33). The molecule has 0 spiro atoms. The van der Waals surface area contributed by atoms with Gasteiger partial charge in [0.15, 0.2) is 0 Å². The third-order valence-electron chi connectivity index (χ3n) is 5.75. The number of aryl methyl sites for hydroxylation is 2. The van der Waals surface area contributed by atoms with E-state index in [0.717, 1.165) is 22.6 Å². The number of pyridine rings is 1. The molecule has 0 unspecified atom stereocenters. The number of carbonyl (C=O) groups excluding carboxylic acids is 3. The molecule has 10 heteroatoms. The van der Waals surface area contributed by atoms with Crippen LogP contribution < -0.4 is 11.1 Å². The number of para-hydroxylation sites is 1. The number of nitrogens with zero attached hydrogens (tertiary/aromatic N) is 3. The van der Waals surface area contributed by atoms with E-state index in [2.05, 4.69) is 10.4 Å². The maximum Gasteiger partial charge on any atom is 0.341 e. The number of esters is 1. The van der Waals surface area contributed by atoms with Gasteiger partial charge in [0.05, 0.1) is 39.5 Å². The monoisotopic (exact) mass is 505 g/mol. The average Bonchev–Trinajstić information content (AvgIpc) is 3.40. The number of amides is 2. The molecule has 3 aromatic heterocycles. The summed E-state index contributed by atoms with van der Waals surface area (Å²) in [4.78, 5) is 43.3. The first kappa shape index (κ1) is 25.1. The molecule has 0 aliphatic heterocycles. The second-order valence-electron chi connectivity index (χ2n) is 8.27. The van der Waals surface area contributed by atoms with Crippen LogP contribution in [-0.2, 0) is 11.3 Å². The topological polar surface area (TPSA) is 129 Å². The van der Waals surface area contributed by atoms with Gasteiger partial charge >= 0.3 is 5.97 Å². The Morgan fingerprint density at radius 3 is 2.58 bits per heavy atom. The highest BCUT2D eigenvalue weighted by Crippen LogP contribution is 2.35. The van der Waals surface area contributed by atoms with Gasteiger partial charge in [0, 0.05) is 23.7 Å². The SMILES string of the molecule is CCCOC(=O)c1c(NC(=O)c2cc(-c3cn(CC)nc3C)nc3ccccc23)sc(C(N)=O)c1C. The third-order valence-corrected chi connectivity index (χ3v) is 6.97. The van der Waals surface area contributed by atoms with Gasteiger partial charge in [-0.2, -0.15) is 5.10 Å². The first-order valence-corrected chi connectivity index (χ1v) is 12.4. The van der Waals surface area contributed by atoms with E-state index in [9.17, 15) is 14.4 Å². The van der Waals surface area contributed by atoms with Crippen LogP contribution in [0.2, 0.25) is 0 Å². The predicted octanol–water partition coefficient (Wildman–Crippen LogP) is 4.71. The fourth-order valence-electron chi connectivity index (χ4n) is 3.95. The van der Waals surface area contributed by atoms with Crippen molar-refractivity contribution in [3.63, 3.8) is 0 Å². The van der Waals surface area contributed by atoms with Crippen LogP contribution in [0, 0.1) is 13.8 Å². The van der Waals surface area contributed by atoms with Crippen LogP contribution in [0.15, 0.2) is 36.5 Å². The van der Waals surface area contributed by atoms with Crippen LogP contribution in [0.1, 0.15) is 61.9 Å². The van der Waals surface area contributed by atoms with Crippen LogP contribution in [0.4, 0.5) is 5.00 Å². The summed E-state index contributed by atoms with van der Waals surface area (Å²) in [6, 6.07) is 9.05. The molecule has 9 nitrogen and oxygen atoms in total. The lowest BCUT2D eigenvalue weighted by Crippen LogP contribution is -2.16. The normalized spacial score (nSPS) is 11.0. The zero-order valence-electron chi connectivity index (χ0n) is 20.5. The molecule has 4 rings (SSSR count). The Morgan fingerprint density at radius 1 is 1.17 bits per heavy atom. The average molecular weight is 506 g/mol. The van der Waals surface area contributed by atoms with Gasteiger partial charge < -0.3 is 15.8 Å². The van der Waals surface area contributed by atoms with E-state index in [1.807, 2.05) is 55.9 Å². The van der Waals surface area contributed by atoms with Crippen LogP contribution in [-0.4, -0.2) is 39.2 Å². The van der Waals surface area contributed by atoms with Crippen molar-refractivity contribution in [3.8, 4) is 11.3 Å². The summed E-state index contributed by atoms with van der Waals surface area (Å²) >= 11 is 0.957. The number of primary amides is 1. The van der Waals surface area contributed by atoms with Crippen LogP contribution >= 0.6 is 11.3 Å². The van der Waals surface area contributed by atoms with Crippen LogP contribution in [0.5, 0.6) is 0 Å². The molecule has 0 atom stereocenters. The van der Waals surface area contributed by atoms with Gasteiger partial charge in [0.1, 0.15) is 5.00 Å². The quantitative estimate of drug-likeness (QED) is 0.334. The number of nitrogens with one attached hydrogen (secondary N) is 1. The lowest BCUT2D eigenvalue weighted by atomic mass is 10.0. The fourth-order valence-corrected chi connectivity index (χ4v) is 4.99. The van der Waals surface area contributed by atoms with E-state index < -0.39 is 17.8 Å². The number of fused-ring (bicyclic) bond motifs is 1. The Balaban J connectivity index is 1.80. The van der Waals surface area contributed by atoms with Gasteiger partial charge in [-0.05, 0) is 44.9 Å². The predicted molar refractivity (Wildman–Crippen MR) is 139 cm³/mol. The van der Waals surface area contributed by atoms with Crippen molar-refractivity contribution in [2.24, 2.45) is 5.73 Å². The Hall–Kier alpha value is -4.05. The highest BCUT2D eigenvalue weighted by molar-refractivity contribution is 7.18. The molecule has 36 heavy (non-hydrogen) atoms. The number of hydrogen-bond donors (Lipinski definition) is 2. The molecule has 0 bridgehead atoms. The molecular formula is C26H27N5O4S. The first-order valence-electron chi connectivity index (χ1n) is 11.6. The molecule has 3 N–H and O–H groups in total. The lowest BCUT2D eigenvalue weighted by Gasteiger charge is -2.11. The number of aromatic nitrogens is 3. The van der Waals surface area contributed by atoms with Crippen LogP contribution in [0.25, 0.3) is 22.2 Å². The molecule has 0 aliphatic carbocycles. The van der Waals surface area contributed by atoms with Crippen molar-refractivity contribution < 1.29 is 19.1 Å². The van der Waals surface area contributed by atoms with E-state index in [-0.39, 0.29) is 22.0 Å². The molecule has 2 amide bonds. The zero-order chi connectivity index (χ0) is 26.0. The Morgan fingerprint density at radius 2 is 1.92 bits per heavy atom. The van der Waals surface area contributed by atoms with Gasteiger partial charge in [-0.15, -0.1) is 11.3 Å². The summed E-state index contributed by atoms with van der Waals surface area (Å²) in [7, 11) is 0. The van der Waals surface area contributed by atoms with E-state index in [1.54, 1.807) is 13.0 Å². The van der Waals surface area contributed by atoms with Gasteiger partial charge in [-0.3, -0.25) is 14.3 Å². The smallest absolute Gasteiger partial charge is 0.341 e. The van der Waals surface area contributed by atoms with Gasteiger partial charge in [0.25, 0.3) is 11.8 Å². The number of hydrogen-bond acceptors (Lipinski definition) is 7. The van der Waals surface area contributed by atoms with Crippen LogP contribution in [0.3, 0.4) is 0 Å². The van der Waals surface area contributed by atoms with Gasteiger partial charge in [-0.25, -0.2) is 9.78 Å². The van der Waals surface area contributed by atoms with E-state index in [0.29, 0.717) is 40.7 Å². The molecule has 0 saturated carbocycles. The third kappa shape index (κ3) is 4.72. The maximum atomic E-state index is 13.6. The number of ether oxygens (including phenoxy) is 1. The highest BCUT2D eigenvalue weighted by atomic mass is 32.1. The van der Waals surface area contributed by atoms with Gasteiger partial charge in [-0.1, -0.05) is 25.1 Å². The Kier molecular flexibility index (Phi) is 7.16. The summed E-state index contributed by atoms with van der Waals surface area (Å²) in [6.45, 7) is 8.31. The molecule has 0 radical (unpaired) electrons. The first-order chi connectivity index (χ1) is 17.2. The Labute approximate surface area is 212 Å². The number of thiophene rings is 1. The molecule has 1 aromatic carbocycles. The number of carbonyl (C=O) groups is 3. The molecule has 186 valence electrons. The minimum Gasteiger partial charge on any atom is -0.462 e. The molecule has 4 aromatic rings. The maximum absolute atomic E-state index is 13.6. The zero-order valence-corrected chi connectivity index (χ0v) is 21.4. The summed E-state index contributed by atoms with van der Waals surface area (Å²) in [6.07, 6.45) is 2.54. The van der Waals surface area contributed by atoms with Crippen molar-refractivity contribution in [3.05, 3.63) is 63.8 Å². The van der Waals surface area contributed by atoms with Crippen molar-refractivity contribution in [1.29, 1.82) is 0 Å². The number of rotatable bonds is 8. The summed E-state index contributed by atoms with van der Waals surface area (Å²) in [5.74, 6) is -1.74. The minimum absolute atomic E-state index is 0.134. The van der Waals surface area contributed by atoms with Crippen molar-refractivity contribution in [2.75, 3.05) is 11.9 Å². The second-order valence-corrected chi connectivity index (χ2v) is 9.29. The molecule has 0 fully saturated rings. The molecule has 3 heterocycles. The second kappa shape index (κ2) is 10.3. The molecule has 0 aliphatic rings. The largest absolute Gasteiger partial charge is 0.462 e. The number of nitrogens with two attached hydrogens (primary N) is 1. The lowest BCUT2D eigenvalue weighted by molar-refractivity contribution is 0.0506. The van der Waals surface area contributed by atoms with E-state index >= 15 is 0 Å². The number of benzene rings is 1. The summed E-state index contributed by atoms with van der Waals surface area (Å²) < 4.78 is 7.11. The highest BCUT2D eigenvalue weighted by Gasteiger charge is 2.27. The van der Waals surface area contributed by atoms with Gasteiger partial charge in [0.2, 0.25) is 0 Å². The number of anilines is 1. The van der Waals surface area contributed by atoms with E-state index in [4.69, 9.17) is 15.5 Å². The summed E-state index contributed by atoms with van der Waals surface area (Å²) in [5, 5.41) is 8.18. The summed E-state index contributed by atoms with van der Waals surface area (Å²) in [5.41, 5.74) is 9.28. The van der Waals surface area contributed by atoms with Crippen molar-refractivity contribution in [1.82, 2.24) is 14.8 Å².